The summed E-state index contributed by atoms with van der Waals surface area (Å²) in [5.74, 6) is -1.09. The molecule has 5 rings (SSSR count). The quantitative estimate of drug-likeness (QED) is 0.394. The number of amides is 1. The molecule has 1 fully saturated rings. The van der Waals surface area contributed by atoms with Gasteiger partial charge in [0.25, 0.3) is 5.91 Å². The molecule has 1 unspecified atom stereocenters. The Bertz CT molecular complexity index is 1490. The van der Waals surface area contributed by atoms with Crippen LogP contribution in [0, 0.1) is 6.92 Å². The summed E-state index contributed by atoms with van der Waals surface area (Å²) in [7, 11) is 0. The molecule has 38 heavy (non-hydrogen) atoms. The van der Waals surface area contributed by atoms with E-state index in [1.54, 1.807) is 32.9 Å². The van der Waals surface area contributed by atoms with Gasteiger partial charge in [0.2, 0.25) is 0 Å². The van der Waals surface area contributed by atoms with Gasteiger partial charge < -0.3 is 19.5 Å². The molecule has 0 spiro atoms. The number of alkyl halides is 3. The van der Waals surface area contributed by atoms with Crippen LogP contribution < -0.4 is 10.1 Å². The number of aromatic nitrogens is 5. The van der Waals surface area contributed by atoms with Gasteiger partial charge in [0, 0.05) is 17.8 Å². The largest absolute Gasteiger partial charge is 0.487 e. The van der Waals surface area contributed by atoms with E-state index in [2.05, 4.69) is 25.6 Å². The van der Waals surface area contributed by atoms with Crippen molar-refractivity contribution >= 4 is 17.4 Å². The molecule has 1 atom stereocenters. The molecule has 10 nitrogen and oxygen atoms in total. The normalized spacial score (nSPS) is 17.1. The molecule has 198 valence electrons. The number of rotatable bonds is 6. The number of benzene rings is 1. The van der Waals surface area contributed by atoms with Gasteiger partial charge in [-0.1, -0.05) is 18.2 Å². The second kappa shape index (κ2) is 9.65. The topological polar surface area (TPSA) is 113 Å². The van der Waals surface area contributed by atoms with Crippen molar-refractivity contribution < 1.29 is 32.2 Å². The highest BCUT2D eigenvalue weighted by atomic mass is 19.4. The molecule has 0 bridgehead atoms. The number of halogens is 3. The standard InChI is InChI=1S/C25H23F3N6O4/c1-14-21(23(35)31-20-9-6-10-29-32-20)34-22(30-14)19(36-12-15-13-37-24(2,3)38-15)11-18(33-34)16-7-4-5-8-17(16)25(26,27)28/h4-11,15H,12-13H2,1-3H3,(H,31,32,35). The number of anilines is 1. The lowest BCUT2D eigenvalue weighted by Crippen LogP contribution is -2.25. The zero-order valence-corrected chi connectivity index (χ0v) is 20.6. The molecule has 4 heterocycles. The third kappa shape index (κ3) is 5.15. The Morgan fingerprint density at radius 3 is 2.71 bits per heavy atom. The van der Waals surface area contributed by atoms with E-state index in [1.165, 1.54) is 35.0 Å². The van der Waals surface area contributed by atoms with Crippen LogP contribution in [0.4, 0.5) is 19.0 Å². The van der Waals surface area contributed by atoms with Crippen LogP contribution in [-0.2, 0) is 15.7 Å². The number of hydrogen-bond acceptors (Lipinski definition) is 8. The van der Waals surface area contributed by atoms with Crippen LogP contribution in [0.25, 0.3) is 16.9 Å². The van der Waals surface area contributed by atoms with E-state index in [4.69, 9.17) is 14.2 Å². The van der Waals surface area contributed by atoms with E-state index in [1.807, 2.05) is 0 Å². The predicted molar refractivity (Wildman–Crippen MR) is 129 cm³/mol. The monoisotopic (exact) mass is 528 g/mol. The Morgan fingerprint density at radius 2 is 2.03 bits per heavy atom. The molecule has 3 aromatic heterocycles. The van der Waals surface area contributed by atoms with Gasteiger partial charge in [-0.2, -0.15) is 23.4 Å². The molecule has 1 saturated heterocycles. The summed E-state index contributed by atoms with van der Waals surface area (Å²) < 4.78 is 60.0. The molecule has 1 aliphatic heterocycles. The average Bonchev–Trinajstić information content (AvgIpc) is 3.40. The first-order chi connectivity index (χ1) is 18.0. The maximum absolute atomic E-state index is 13.8. The zero-order chi connectivity index (χ0) is 27.1. The summed E-state index contributed by atoms with van der Waals surface area (Å²) in [6.45, 7) is 5.44. The van der Waals surface area contributed by atoms with Gasteiger partial charge in [-0.25, -0.2) is 9.50 Å². The van der Waals surface area contributed by atoms with Crippen LogP contribution in [-0.4, -0.2) is 55.8 Å². The third-order valence-corrected chi connectivity index (χ3v) is 5.75. The Balaban J connectivity index is 1.61. The molecule has 1 N–H and O–H groups in total. The summed E-state index contributed by atoms with van der Waals surface area (Å²) in [6, 6.07) is 9.55. The SMILES string of the molecule is Cc1nc2c(OCC3COC(C)(C)O3)cc(-c3ccccc3C(F)(F)F)nn2c1C(=O)Nc1cccnn1. The Kier molecular flexibility index (Phi) is 6.49. The lowest BCUT2D eigenvalue weighted by molar-refractivity contribution is -0.141. The lowest BCUT2D eigenvalue weighted by Gasteiger charge is -2.18. The summed E-state index contributed by atoms with van der Waals surface area (Å²) in [5, 5.41) is 14.6. The van der Waals surface area contributed by atoms with Gasteiger partial charge in [0.15, 0.2) is 28.7 Å². The van der Waals surface area contributed by atoms with Gasteiger partial charge in [-0.05, 0) is 39.0 Å². The lowest BCUT2D eigenvalue weighted by atomic mass is 10.0. The fourth-order valence-corrected chi connectivity index (χ4v) is 4.12. The van der Waals surface area contributed by atoms with Crippen molar-refractivity contribution in [2.24, 2.45) is 0 Å². The molecule has 4 aromatic rings. The number of nitrogens with zero attached hydrogens (tertiary/aromatic N) is 5. The van der Waals surface area contributed by atoms with E-state index >= 15 is 0 Å². The molecule has 1 amide bonds. The second-order valence-corrected chi connectivity index (χ2v) is 9.04. The first-order valence-corrected chi connectivity index (χ1v) is 11.6. The number of aryl methyl sites for hydroxylation is 1. The predicted octanol–water partition coefficient (Wildman–Crippen LogP) is 4.30. The van der Waals surface area contributed by atoms with Gasteiger partial charge >= 0.3 is 6.18 Å². The van der Waals surface area contributed by atoms with Gasteiger partial charge in [0.1, 0.15) is 12.7 Å². The Hall–Kier alpha value is -4.10. The van der Waals surface area contributed by atoms with E-state index in [-0.39, 0.29) is 53.1 Å². The van der Waals surface area contributed by atoms with Crippen LogP contribution in [0.1, 0.15) is 35.6 Å². The zero-order valence-electron chi connectivity index (χ0n) is 20.6. The van der Waals surface area contributed by atoms with Crippen molar-refractivity contribution in [3.8, 4) is 17.0 Å². The molecule has 0 radical (unpaired) electrons. The minimum Gasteiger partial charge on any atom is -0.487 e. The van der Waals surface area contributed by atoms with Gasteiger partial charge in [0.05, 0.1) is 23.6 Å². The molecular weight excluding hydrogens is 505 g/mol. The maximum atomic E-state index is 13.8. The fraction of sp³-hybridized carbons (Fsp3) is 0.320. The molecule has 1 aromatic carbocycles. The molecule has 0 aliphatic carbocycles. The minimum atomic E-state index is -4.63. The molecule has 0 saturated carbocycles. The van der Waals surface area contributed by atoms with Gasteiger partial charge in [-0.15, -0.1) is 5.10 Å². The molecule has 13 heteroatoms. The van der Waals surface area contributed by atoms with Crippen LogP contribution in [0.2, 0.25) is 0 Å². The van der Waals surface area contributed by atoms with Crippen molar-refractivity contribution in [3.63, 3.8) is 0 Å². The van der Waals surface area contributed by atoms with Crippen molar-refractivity contribution in [2.75, 3.05) is 18.5 Å². The van der Waals surface area contributed by atoms with Crippen molar-refractivity contribution in [1.29, 1.82) is 0 Å². The van der Waals surface area contributed by atoms with E-state index < -0.39 is 29.5 Å². The number of nitrogens with one attached hydrogen (secondary N) is 1. The fourth-order valence-electron chi connectivity index (χ4n) is 4.12. The Morgan fingerprint density at radius 1 is 1.24 bits per heavy atom. The number of imidazole rings is 1. The van der Waals surface area contributed by atoms with E-state index in [9.17, 15) is 18.0 Å². The first kappa shape index (κ1) is 25.5. The maximum Gasteiger partial charge on any atom is 0.417 e. The van der Waals surface area contributed by atoms with Gasteiger partial charge in [-0.3, -0.25) is 4.79 Å². The van der Waals surface area contributed by atoms with Crippen molar-refractivity contribution in [2.45, 2.75) is 38.8 Å². The summed E-state index contributed by atoms with van der Waals surface area (Å²) in [5.41, 5.74) is -0.682. The first-order valence-electron chi connectivity index (χ1n) is 11.6. The van der Waals surface area contributed by atoms with Crippen molar-refractivity contribution in [1.82, 2.24) is 24.8 Å². The summed E-state index contributed by atoms with van der Waals surface area (Å²) in [4.78, 5) is 17.6. The average molecular weight is 528 g/mol. The van der Waals surface area contributed by atoms with Crippen LogP contribution in [0.15, 0.2) is 48.7 Å². The third-order valence-electron chi connectivity index (χ3n) is 5.75. The Labute approximate surface area is 214 Å². The molecule has 1 aliphatic rings. The number of fused-ring (bicyclic) bond motifs is 1. The summed E-state index contributed by atoms with van der Waals surface area (Å²) >= 11 is 0. The number of carbonyl (C=O) groups is 1. The second-order valence-electron chi connectivity index (χ2n) is 9.04. The van der Waals surface area contributed by atoms with Crippen molar-refractivity contribution in [3.05, 3.63) is 65.6 Å². The highest BCUT2D eigenvalue weighted by Crippen LogP contribution is 2.38. The van der Waals surface area contributed by atoms with E-state index in [0.29, 0.717) is 0 Å². The smallest absolute Gasteiger partial charge is 0.417 e. The number of carbonyl (C=O) groups excluding carboxylic acids is 1. The minimum absolute atomic E-state index is 0.00317. The highest BCUT2D eigenvalue weighted by Gasteiger charge is 2.35. The molecular formula is C25H23F3N6O4. The number of hydrogen-bond donors (Lipinski definition) is 1. The highest BCUT2D eigenvalue weighted by molar-refractivity contribution is 6.04. The number of ether oxygens (including phenoxy) is 3. The van der Waals surface area contributed by atoms with E-state index in [0.717, 1.165) is 6.07 Å². The summed E-state index contributed by atoms with van der Waals surface area (Å²) in [6.07, 6.45) is -3.60. The van der Waals surface area contributed by atoms with Crippen LogP contribution in [0.3, 0.4) is 0 Å². The van der Waals surface area contributed by atoms with Crippen LogP contribution >= 0.6 is 0 Å². The van der Waals surface area contributed by atoms with Crippen LogP contribution in [0.5, 0.6) is 5.75 Å².